The molecule has 0 amide bonds. The summed E-state index contributed by atoms with van der Waals surface area (Å²) in [4.78, 5) is 16.1. The first-order chi connectivity index (χ1) is 5.77. The summed E-state index contributed by atoms with van der Waals surface area (Å²) >= 11 is 0. The second-order valence-corrected chi connectivity index (χ2v) is 3.22. The van der Waals surface area contributed by atoms with Crippen LogP contribution in [-0.4, -0.2) is 36.4 Å². The van der Waals surface area contributed by atoms with E-state index in [0.29, 0.717) is 6.54 Å². The lowest BCUT2D eigenvalue weighted by Gasteiger charge is -2.32. The first-order valence-corrected chi connectivity index (χ1v) is 4.24. The molecule has 1 unspecified atom stereocenters. The molecule has 2 atom stereocenters. The standard InChI is InChI=1S/C8H14FNO2/c1-7(6-11)10-4-2-3-8(5-10)12-9/h6-8H,2-5H2,1H3/t7?,8-/m1/s1. The molecule has 1 aliphatic heterocycles. The van der Waals surface area contributed by atoms with Crippen LogP contribution >= 0.6 is 0 Å². The summed E-state index contributed by atoms with van der Waals surface area (Å²) in [5, 5.41) is 0. The molecule has 1 fully saturated rings. The number of aldehydes is 1. The van der Waals surface area contributed by atoms with Gasteiger partial charge in [-0.3, -0.25) is 4.90 Å². The van der Waals surface area contributed by atoms with Crippen LogP contribution in [0.5, 0.6) is 0 Å². The summed E-state index contributed by atoms with van der Waals surface area (Å²) in [5.74, 6) is 0. The quantitative estimate of drug-likeness (QED) is 0.598. The lowest BCUT2D eigenvalue weighted by molar-refractivity contribution is -0.194. The molecular weight excluding hydrogens is 161 g/mol. The lowest BCUT2D eigenvalue weighted by Crippen LogP contribution is -2.44. The molecule has 1 saturated heterocycles. The van der Waals surface area contributed by atoms with Crippen molar-refractivity contribution < 1.29 is 14.3 Å². The molecule has 0 aromatic rings. The fraction of sp³-hybridized carbons (Fsp3) is 0.875. The number of carbonyl (C=O) groups excluding carboxylic acids is 1. The maximum atomic E-state index is 11.8. The van der Waals surface area contributed by atoms with E-state index in [1.54, 1.807) is 0 Å². The number of hydrogen-bond acceptors (Lipinski definition) is 3. The maximum Gasteiger partial charge on any atom is 0.136 e. The Kier molecular flexibility index (Phi) is 3.62. The molecule has 3 nitrogen and oxygen atoms in total. The number of carbonyl (C=O) groups is 1. The van der Waals surface area contributed by atoms with E-state index in [9.17, 15) is 9.32 Å². The molecule has 0 aliphatic carbocycles. The van der Waals surface area contributed by atoms with E-state index in [0.717, 1.165) is 25.7 Å². The molecule has 0 aromatic carbocycles. The number of piperidine rings is 1. The summed E-state index contributed by atoms with van der Waals surface area (Å²) in [5.41, 5.74) is 0. The molecule has 0 radical (unpaired) electrons. The van der Waals surface area contributed by atoms with Gasteiger partial charge in [-0.2, -0.15) is 4.94 Å². The number of hydrogen-bond donors (Lipinski definition) is 0. The minimum Gasteiger partial charge on any atom is -0.302 e. The van der Waals surface area contributed by atoms with E-state index in [1.807, 2.05) is 11.8 Å². The van der Waals surface area contributed by atoms with Gasteiger partial charge in [0.15, 0.2) is 0 Å². The highest BCUT2D eigenvalue weighted by atomic mass is 19.3. The van der Waals surface area contributed by atoms with E-state index < -0.39 is 0 Å². The Bertz CT molecular complexity index is 154. The van der Waals surface area contributed by atoms with E-state index in [4.69, 9.17) is 0 Å². The molecule has 0 saturated carbocycles. The summed E-state index contributed by atoms with van der Waals surface area (Å²) in [6, 6.07) is -0.122. The third-order valence-corrected chi connectivity index (χ3v) is 2.31. The van der Waals surface area contributed by atoms with Crippen LogP contribution in [-0.2, 0) is 9.74 Å². The Morgan fingerprint density at radius 2 is 2.50 bits per heavy atom. The van der Waals surface area contributed by atoms with Crippen molar-refractivity contribution >= 4 is 6.29 Å². The van der Waals surface area contributed by atoms with Crippen molar-refractivity contribution in [3.63, 3.8) is 0 Å². The monoisotopic (exact) mass is 175 g/mol. The zero-order valence-corrected chi connectivity index (χ0v) is 7.20. The van der Waals surface area contributed by atoms with Gasteiger partial charge in [-0.25, -0.2) is 0 Å². The predicted octanol–water partition coefficient (Wildman–Crippen LogP) is 0.939. The molecule has 70 valence electrons. The Balaban J connectivity index is 2.39. The Morgan fingerprint density at radius 1 is 1.75 bits per heavy atom. The summed E-state index contributed by atoms with van der Waals surface area (Å²) in [6.45, 7) is 3.20. The molecule has 0 N–H and O–H groups in total. The minimum absolute atomic E-state index is 0.122. The molecule has 0 bridgehead atoms. The summed E-state index contributed by atoms with van der Waals surface area (Å²) in [7, 11) is 0. The third kappa shape index (κ3) is 2.25. The van der Waals surface area contributed by atoms with Crippen LogP contribution in [0.2, 0.25) is 0 Å². The molecule has 12 heavy (non-hydrogen) atoms. The number of rotatable bonds is 3. The third-order valence-electron chi connectivity index (χ3n) is 2.31. The van der Waals surface area contributed by atoms with Crippen LogP contribution in [0.1, 0.15) is 19.8 Å². The Hall–Kier alpha value is -0.480. The molecule has 1 rings (SSSR count). The van der Waals surface area contributed by atoms with Crippen molar-refractivity contribution in [2.45, 2.75) is 31.9 Å². The normalized spacial score (nSPS) is 28.3. The fourth-order valence-electron chi connectivity index (χ4n) is 1.49. The van der Waals surface area contributed by atoms with E-state index in [2.05, 4.69) is 4.94 Å². The van der Waals surface area contributed by atoms with Gasteiger partial charge in [0.2, 0.25) is 0 Å². The van der Waals surface area contributed by atoms with Crippen molar-refractivity contribution in [2.24, 2.45) is 0 Å². The molecule has 1 aliphatic rings. The van der Waals surface area contributed by atoms with Crippen LogP contribution in [0.3, 0.4) is 0 Å². The van der Waals surface area contributed by atoms with Crippen LogP contribution in [0.25, 0.3) is 0 Å². The molecular formula is C8H14FNO2. The fourth-order valence-corrected chi connectivity index (χ4v) is 1.49. The van der Waals surface area contributed by atoms with Crippen LogP contribution in [0.4, 0.5) is 4.53 Å². The van der Waals surface area contributed by atoms with Gasteiger partial charge in [0.1, 0.15) is 12.4 Å². The largest absolute Gasteiger partial charge is 0.302 e. The van der Waals surface area contributed by atoms with E-state index in [-0.39, 0.29) is 12.1 Å². The predicted molar refractivity (Wildman–Crippen MR) is 42.3 cm³/mol. The summed E-state index contributed by atoms with van der Waals surface area (Å²) in [6.07, 6.45) is 2.17. The van der Waals surface area contributed by atoms with Crippen LogP contribution < -0.4 is 0 Å². The molecule has 0 spiro atoms. The van der Waals surface area contributed by atoms with Gasteiger partial charge in [0.05, 0.1) is 6.04 Å². The minimum atomic E-state index is -0.346. The number of likely N-dealkylation sites (tertiary alicyclic amines) is 1. The van der Waals surface area contributed by atoms with Gasteiger partial charge in [-0.1, -0.05) is 0 Å². The molecule has 1 heterocycles. The van der Waals surface area contributed by atoms with Gasteiger partial charge in [-0.05, 0) is 30.8 Å². The topological polar surface area (TPSA) is 29.5 Å². The Morgan fingerprint density at radius 3 is 3.08 bits per heavy atom. The van der Waals surface area contributed by atoms with Gasteiger partial charge in [0, 0.05) is 6.54 Å². The maximum absolute atomic E-state index is 11.8. The van der Waals surface area contributed by atoms with Crippen LogP contribution in [0, 0.1) is 0 Å². The van der Waals surface area contributed by atoms with E-state index >= 15 is 0 Å². The van der Waals surface area contributed by atoms with Gasteiger partial charge in [-0.15, -0.1) is 0 Å². The highest BCUT2D eigenvalue weighted by Gasteiger charge is 2.23. The number of nitrogens with zero attached hydrogens (tertiary/aromatic N) is 1. The highest BCUT2D eigenvalue weighted by Crippen LogP contribution is 2.14. The van der Waals surface area contributed by atoms with Crippen molar-refractivity contribution in [3.8, 4) is 0 Å². The smallest absolute Gasteiger partial charge is 0.136 e. The molecule has 0 aromatic heterocycles. The van der Waals surface area contributed by atoms with Gasteiger partial charge >= 0.3 is 0 Å². The van der Waals surface area contributed by atoms with E-state index in [1.165, 1.54) is 0 Å². The van der Waals surface area contributed by atoms with Gasteiger partial charge < -0.3 is 4.79 Å². The highest BCUT2D eigenvalue weighted by molar-refractivity contribution is 5.56. The molecule has 4 heteroatoms. The second-order valence-electron chi connectivity index (χ2n) is 3.22. The average molecular weight is 175 g/mol. The van der Waals surface area contributed by atoms with Crippen LogP contribution in [0.15, 0.2) is 0 Å². The SMILES string of the molecule is CC(C=O)N1CCC[C@@H](OF)C1. The Labute approximate surface area is 71.4 Å². The van der Waals surface area contributed by atoms with Crippen molar-refractivity contribution in [1.82, 2.24) is 4.90 Å². The summed E-state index contributed by atoms with van der Waals surface area (Å²) < 4.78 is 11.8. The second kappa shape index (κ2) is 4.52. The van der Waals surface area contributed by atoms with Crippen molar-refractivity contribution in [3.05, 3.63) is 0 Å². The average Bonchev–Trinajstić information content (AvgIpc) is 2.17. The first kappa shape index (κ1) is 9.61. The first-order valence-electron chi connectivity index (χ1n) is 4.24. The van der Waals surface area contributed by atoms with Gasteiger partial charge in [0.25, 0.3) is 0 Å². The zero-order valence-electron chi connectivity index (χ0n) is 7.20. The zero-order chi connectivity index (χ0) is 8.97. The number of halogens is 1. The van der Waals surface area contributed by atoms with Crippen molar-refractivity contribution in [1.29, 1.82) is 0 Å². The van der Waals surface area contributed by atoms with Crippen molar-refractivity contribution in [2.75, 3.05) is 13.1 Å². The lowest BCUT2D eigenvalue weighted by atomic mass is 10.1.